The molecule has 6 nitrogen and oxygen atoms in total. The van der Waals surface area contributed by atoms with Gasteiger partial charge in [0.1, 0.15) is 13.2 Å². The van der Waals surface area contributed by atoms with E-state index in [0.717, 1.165) is 122 Å². The Kier molecular flexibility index (Phi) is 45.5. The van der Waals surface area contributed by atoms with Crippen LogP contribution in [0.2, 0.25) is 0 Å². The van der Waals surface area contributed by atoms with E-state index in [9.17, 15) is 14.4 Å². The van der Waals surface area contributed by atoms with Gasteiger partial charge in [-0.05, 0) is 109 Å². The van der Waals surface area contributed by atoms with E-state index in [1.165, 1.54) is 57.8 Å². The van der Waals surface area contributed by atoms with Crippen LogP contribution in [0.1, 0.15) is 220 Å². The highest BCUT2D eigenvalue weighted by Gasteiger charge is 2.19. The van der Waals surface area contributed by atoms with Crippen molar-refractivity contribution < 1.29 is 28.6 Å². The lowest BCUT2D eigenvalue weighted by atomic mass is 10.1. The maximum Gasteiger partial charge on any atom is 0.306 e. The SMILES string of the molecule is CC/C=C\C/C=C\C/C=C\CCCCCC(=O)OC(COC(=O)CCCCCCC/C=C\CCC)COC(=O)CCCCCCCC/C=C\C/C=C\C/C=C\CCCCC. The van der Waals surface area contributed by atoms with E-state index < -0.39 is 6.10 Å². The summed E-state index contributed by atoms with van der Waals surface area (Å²) in [5.74, 6) is -0.956. The number of allylic oxidation sites excluding steroid dienone is 14. The average molecular weight is 835 g/mol. The number of hydrogen-bond acceptors (Lipinski definition) is 6. The summed E-state index contributed by atoms with van der Waals surface area (Å²) in [6.07, 6.45) is 61.4. The van der Waals surface area contributed by atoms with Crippen LogP contribution in [0.4, 0.5) is 0 Å². The third kappa shape index (κ3) is 45.7. The van der Waals surface area contributed by atoms with Crippen molar-refractivity contribution in [3.8, 4) is 0 Å². The first-order valence-corrected chi connectivity index (χ1v) is 24.6. The molecule has 0 radical (unpaired) electrons. The quantitative estimate of drug-likeness (QED) is 0.0263. The molecule has 0 aromatic rings. The molecule has 0 saturated heterocycles. The smallest absolute Gasteiger partial charge is 0.306 e. The molecule has 0 fully saturated rings. The van der Waals surface area contributed by atoms with Gasteiger partial charge in [0.05, 0.1) is 0 Å². The van der Waals surface area contributed by atoms with Crippen LogP contribution in [0, 0.1) is 0 Å². The predicted molar refractivity (Wildman–Crippen MR) is 256 cm³/mol. The maximum absolute atomic E-state index is 12.7. The van der Waals surface area contributed by atoms with Crippen molar-refractivity contribution in [2.45, 2.75) is 226 Å². The van der Waals surface area contributed by atoms with Crippen molar-refractivity contribution >= 4 is 17.9 Å². The van der Waals surface area contributed by atoms with Gasteiger partial charge in [0, 0.05) is 19.3 Å². The molecule has 1 unspecified atom stereocenters. The molecule has 0 aliphatic rings. The molecular weight excluding hydrogens is 745 g/mol. The minimum Gasteiger partial charge on any atom is -0.462 e. The van der Waals surface area contributed by atoms with Gasteiger partial charge < -0.3 is 14.2 Å². The lowest BCUT2D eigenvalue weighted by molar-refractivity contribution is -0.167. The van der Waals surface area contributed by atoms with Crippen LogP contribution >= 0.6 is 0 Å². The van der Waals surface area contributed by atoms with E-state index in [0.29, 0.717) is 12.8 Å². The normalized spacial score (nSPS) is 12.8. The molecule has 0 aromatic heterocycles. The van der Waals surface area contributed by atoms with E-state index in [1.54, 1.807) is 0 Å². The topological polar surface area (TPSA) is 78.9 Å². The molecule has 0 saturated carbocycles. The molecule has 0 aliphatic carbocycles. The third-order valence-electron chi connectivity index (χ3n) is 10.1. The number of carbonyl (C=O) groups is 3. The highest BCUT2D eigenvalue weighted by atomic mass is 16.6. The van der Waals surface area contributed by atoms with Gasteiger partial charge in [-0.15, -0.1) is 0 Å². The maximum atomic E-state index is 12.7. The average Bonchev–Trinajstić information content (AvgIpc) is 3.24. The van der Waals surface area contributed by atoms with Crippen molar-refractivity contribution in [3.63, 3.8) is 0 Å². The molecule has 0 heterocycles. The van der Waals surface area contributed by atoms with Crippen molar-refractivity contribution in [2.75, 3.05) is 13.2 Å². The van der Waals surface area contributed by atoms with Gasteiger partial charge in [-0.3, -0.25) is 14.4 Å². The Bertz CT molecular complexity index is 1190. The van der Waals surface area contributed by atoms with Crippen LogP contribution < -0.4 is 0 Å². The van der Waals surface area contributed by atoms with Gasteiger partial charge in [0.15, 0.2) is 6.10 Å². The number of rotatable bonds is 43. The first-order chi connectivity index (χ1) is 29.5. The molecule has 6 heteroatoms. The molecule has 0 N–H and O–H groups in total. The van der Waals surface area contributed by atoms with Crippen molar-refractivity contribution in [1.29, 1.82) is 0 Å². The molecule has 0 amide bonds. The van der Waals surface area contributed by atoms with Crippen molar-refractivity contribution in [3.05, 3.63) is 85.1 Å². The summed E-state index contributed by atoms with van der Waals surface area (Å²) in [6, 6.07) is 0. The van der Waals surface area contributed by atoms with Gasteiger partial charge in [-0.25, -0.2) is 0 Å². The fourth-order valence-corrected chi connectivity index (χ4v) is 6.40. The highest BCUT2D eigenvalue weighted by molar-refractivity contribution is 5.71. The zero-order chi connectivity index (χ0) is 43.7. The number of carbonyl (C=O) groups excluding carboxylic acids is 3. The van der Waals surface area contributed by atoms with Crippen molar-refractivity contribution in [1.82, 2.24) is 0 Å². The Labute approximate surface area is 369 Å². The van der Waals surface area contributed by atoms with E-state index in [2.05, 4.69) is 106 Å². The molecule has 0 aliphatic heterocycles. The molecule has 342 valence electrons. The standard InChI is InChI=1S/C54H90O6/c1-4-7-10-13-16-19-22-24-25-26-27-28-29-31-32-35-38-41-44-47-53(56)59-50-51(49-58-52(55)46-43-40-37-34-21-18-15-12-9-6-3)60-54(57)48-45-42-39-36-33-30-23-20-17-14-11-8-5-2/h8,11-12,15-17,19-20,24-25,27-28,30,33,51H,4-7,9-10,13-14,18,21-23,26,29,31-32,34-50H2,1-3H3/b11-8-,15-12-,19-16-,20-17-,25-24-,28-27-,33-30-. The second-order valence-corrected chi connectivity index (χ2v) is 16.0. The summed E-state index contributed by atoms with van der Waals surface area (Å²) in [5.41, 5.74) is 0. The van der Waals surface area contributed by atoms with Crippen LogP contribution in [0.25, 0.3) is 0 Å². The number of unbranched alkanes of at least 4 members (excludes halogenated alkanes) is 18. The first-order valence-electron chi connectivity index (χ1n) is 24.6. The van der Waals surface area contributed by atoms with Gasteiger partial charge in [-0.1, -0.05) is 176 Å². The second kappa shape index (κ2) is 48.3. The summed E-state index contributed by atoms with van der Waals surface area (Å²) >= 11 is 0. The lowest BCUT2D eigenvalue weighted by Crippen LogP contribution is -2.30. The predicted octanol–water partition coefficient (Wildman–Crippen LogP) is 16.0. The minimum atomic E-state index is -0.799. The van der Waals surface area contributed by atoms with Crippen LogP contribution in [-0.4, -0.2) is 37.2 Å². The Balaban J connectivity index is 4.41. The molecule has 0 aromatic carbocycles. The molecule has 0 bridgehead atoms. The third-order valence-corrected chi connectivity index (χ3v) is 10.1. The summed E-state index contributed by atoms with van der Waals surface area (Å²) in [7, 11) is 0. The summed E-state index contributed by atoms with van der Waals surface area (Å²) in [5, 5.41) is 0. The van der Waals surface area contributed by atoms with Gasteiger partial charge in [0.25, 0.3) is 0 Å². The van der Waals surface area contributed by atoms with E-state index >= 15 is 0 Å². The van der Waals surface area contributed by atoms with E-state index in [1.807, 2.05) is 0 Å². The van der Waals surface area contributed by atoms with Gasteiger partial charge in [-0.2, -0.15) is 0 Å². The largest absolute Gasteiger partial charge is 0.462 e. The summed E-state index contributed by atoms with van der Waals surface area (Å²) in [6.45, 7) is 6.37. The fraction of sp³-hybridized carbons (Fsp3) is 0.685. The Morgan fingerprint density at radius 2 is 0.683 bits per heavy atom. The molecular formula is C54H90O6. The molecule has 0 spiro atoms. The van der Waals surface area contributed by atoms with Crippen LogP contribution in [0.5, 0.6) is 0 Å². The minimum absolute atomic E-state index is 0.0984. The monoisotopic (exact) mass is 835 g/mol. The zero-order valence-electron chi connectivity index (χ0n) is 38.9. The Hall–Kier alpha value is -3.41. The summed E-state index contributed by atoms with van der Waals surface area (Å²) < 4.78 is 16.7. The number of esters is 3. The lowest BCUT2D eigenvalue weighted by Gasteiger charge is -2.18. The number of hydrogen-bond donors (Lipinski definition) is 0. The van der Waals surface area contributed by atoms with Crippen LogP contribution in [-0.2, 0) is 28.6 Å². The second-order valence-electron chi connectivity index (χ2n) is 16.0. The first kappa shape index (κ1) is 56.6. The van der Waals surface area contributed by atoms with Crippen molar-refractivity contribution in [2.24, 2.45) is 0 Å². The van der Waals surface area contributed by atoms with Gasteiger partial charge in [0.2, 0.25) is 0 Å². The van der Waals surface area contributed by atoms with E-state index in [4.69, 9.17) is 14.2 Å². The summed E-state index contributed by atoms with van der Waals surface area (Å²) in [4.78, 5) is 37.8. The Morgan fingerprint density at radius 3 is 1.12 bits per heavy atom. The van der Waals surface area contributed by atoms with Crippen LogP contribution in [0.15, 0.2) is 85.1 Å². The molecule has 60 heavy (non-hydrogen) atoms. The highest BCUT2D eigenvalue weighted by Crippen LogP contribution is 2.13. The van der Waals surface area contributed by atoms with Gasteiger partial charge >= 0.3 is 17.9 Å². The Morgan fingerprint density at radius 1 is 0.350 bits per heavy atom. The molecule has 1 atom stereocenters. The fourth-order valence-electron chi connectivity index (χ4n) is 6.40. The zero-order valence-corrected chi connectivity index (χ0v) is 38.9. The van der Waals surface area contributed by atoms with E-state index in [-0.39, 0.29) is 37.5 Å². The number of ether oxygens (including phenoxy) is 3. The van der Waals surface area contributed by atoms with Crippen LogP contribution in [0.3, 0.4) is 0 Å². The molecule has 0 rings (SSSR count).